The zero-order valence-electron chi connectivity index (χ0n) is 15.0. The Hall–Kier alpha value is -3.06. The van der Waals surface area contributed by atoms with Gasteiger partial charge >= 0.3 is 0 Å². The highest BCUT2D eigenvalue weighted by Gasteiger charge is 2.20. The predicted octanol–water partition coefficient (Wildman–Crippen LogP) is 3.49. The third-order valence-electron chi connectivity index (χ3n) is 4.28. The van der Waals surface area contributed by atoms with Crippen LogP contribution in [0, 0.1) is 13.8 Å². The highest BCUT2D eigenvalue weighted by Crippen LogP contribution is 2.30. The van der Waals surface area contributed by atoms with E-state index in [1.165, 1.54) is 6.26 Å². The Kier molecular flexibility index (Phi) is 5.61. The van der Waals surface area contributed by atoms with Crippen molar-refractivity contribution in [2.75, 3.05) is 4.31 Å². The SMILES string of the molecule is Cc1ccc(N(c2ccccc2C(=O)NCc2ccco2)[SH](=O)=O)cc1C. The van der Waals surface area contributed by atoms with Gasteiger partial charge in [-0.25, -0.2) is 12.7 Å². The van der Waals surface area contributed by atoms with Crippen LogP contribution in [0.4, 0.5) is 11.4 Å². The Bertz CT molecular complexity index is 1020. The molecular weight excluding hydrogens is 364 g/mol. The van der Waals surface area contributed by atoms with Gasteiger partial charge in [0.15, 0.2) is 0 Å². The van der Waals surface area contributed by atoms with Crippen LogP contribution in [0.5, 0.6) is 0 Å². The lowest BCUT2D eigenvalue weighted by Crippen LogP contribution is -2.26. The Morgan fingerprint density at radius 2 is 1.81 bits per heavy atom. The largest absolute Gasteiger partial charge is 0.467 e. The molecule has 0 atom stereocenters. The number of furan rings is 1. The summed E-state index contributed by atoms with van der Waals surface area (Å²) in [6.45, 7) is 4.08. The van der Waals surface area contributed by atoms with Crippen LogP contribution < -0.4 is 9.62 Å². The van der Waals surface area contributed by atoms with Gasteiger partial charge in [0.2, 0.25) is 10.9 Å². The van der Waals surface area contributed by atoms with E-state index in [0.717, 1.165) is 15.4 Å². The normalized spacial score (nSPS) is 10.8. The molecule has 0 unspecified atom stereocenters. The van der Waals surface area contributed by atoms with Gasteiger partial charge in [0.1, 0.15) is 5.76 Å². The van der Waals surface area contributed by atoms with E-state index in [1.54, 1.807) is 48.5 Å². The Morgan fingerprint density at radius 1 is 1.04 bits per heavy atom. The van der Waals surface area contributed by atoms with Crippen LogP contribution in [0.3, 0.4) is 0 Å². The Morgan fingerprint density at radius 3 is 2.48 bits per heavy atom. The van der Waals surface area contributed by atoms with Crippen molar-refractivity contribution in [1.29, 1.82) is 0 Å². The number of nitrogens with zero attached hydrogens (tertiary/aromatic N) is 1. The van der Waals surface area contributed by atoms with Crippen molar-refractivity contribution in [1.82, 2.24) is 5.32 Å². The first-order chi connectivity index (χ1) is 13.0. The van der Waals surface area contributed by atoms with Gasteiger partial charge in [0.25, 0.3) is 5.91 Å². The third-order valence-corrected chi connectivity index (χ3v) is 5.05. The molecule has 0 aliphatic heterocycles. The topological polar surface area (TPSA) is 79.6 Å². The molecule has 0 saturated carbocycles. The average molecular weight is 384 g/mol. The van der Waals surface area contributed by atoms with Crippen molar-refractivity contribution < 1.29 is 17.6 Å². The minimum Gasteiger partial charge on any atom is -0.467 e. The molecule has 3 aromatic rings. The highest BCUT2D eigenvalue weighted by molar-refractivity contribution is 7.74. The molecule has 7 heteroatoms. The molecule has 27 heavy (non-hydrogen) atoms. The summed E-state index contributed by atoms with van der Waals surface area (Å²) >= 11 is 0. The number of rotatable bonds is 6. The number of para-hydroxylation sites is 1. The maximum atomic E-state index is 12.7. The van der Waals surface area contributed by atoms with Gasteiger partial charge in [-0.05, 0) is 61.4 Å². The quantitative estimate of drug-likeness (QED) is 0.638. The molecule has 1 aromatic heterocycles. The molecule has 0 aliphatic carbocycles. The van der Waals surface area contributed by atoms with Crippen LogP contribution in [-0.2, 0) is 17.4 Å². The van der Waals surface area contributed by atoms with Crippen LogP contribution >= 0.6 is 0 Å². The molecule has 1 amide bonds. The van der Waals surface area contributed by atoms with E-state index < -0.39 is 10.9 Å². The second-order valence-corrected chi connectivity index (χ2v) is 6.97. The van der Waals surface area contributed by atoms with E-state index in [4.69, 9.17) is 4.42 Å². The Balaban J connectivity index is 1.96. The van der Waals surface area contributed by atoms with Gasteiger partial charge in [-0.1, -0.05) is 18.2 Å². The number of amides is 1. The van der Waals surface area contributed by atoms with Crippen molar-refractivity contribution in [3.63, 3.8) is 0 Å². The lowest BCUT2D eigenvalue weighted by Gasteiger charge is -2.21. The number of thiol groups is 1. The average Bonchev–Trinajstić information content (AvgIpc) is 3.16. The molecule has 3 rings (SSSR count). The lowest BCUT2D eigenvalue weighted by molar-refractivity contribution is 0.0949. The van der Waals surface area contributed by atoms with Gasteiger partial charge in [-0.2, -0.15) is 0 Å². The molecular formula is C20H20N2O4S. The summed E-state index contributed by atoms with van der Waals surface area (Å²) < 4.78 is 30.4. The van der Waals surface area contributed by atoms with Crippen LogP contribution in [0.1, 0.15) is 27.2 Å². The van der Waals surface area contributed by atoms with Crippen molar-refractivity contribution >= 4 is 28.2 Å². The van der Waals surface area contributed by atoms with Crippen LogP contribution in [0.15, 0.2) is 65.3 Å². The van der Waals surface area contributed by atoms with E-state index in [-0.39, 0.29) is 18.0 Å². The molecule has 6 nitrogen and oxygen atoms in total. The molecule has 0 aliphatic rings. The summed E-state index contributed by atoms with van der Waals surface area (Å²) in [5, 5.41) is 2.75. The summed E-state index contributed by atoms with van der Waals surface area (Å²) in [4.78, 5) is 12.7. The van der Waals surface area contributed by atoms with Gasteiger partial charge in [0.05, 0.1) is 29.7 Å². The maximum absolute atomic E-state index is 12.7. The standard InChI is InChI=1S/C20H20N2O4S/c1-14-9-10-16(12-15(14)2)22(27(24)25)19-8-4-3-7-18(19)20(23)21-13-17-6-5-11-26-17/h3-12,27H,13H2,1-2H3,(H,21,23). The monoisotopic (exact) mass is 384 g/mol. The van der Waals surface area contributed by atoms with E-state index in [2.05, 4.69) is 5.32 Å². The van der Waals surface area contributed by atoms with Crippen molar-refractivity contribution in [2.24, 2.45) is 0 Å². The Labute approximate surface area is 159 Å². The van der Waals surface area contributed by atoms with E-state index >= 15 is 0 Å². The number of aryl methyl sites for hydroxylation is 2. The fourth-order valence-electron chi connectivity index (χ4n) is 2.70. The fraction of sp³-hybridized carbons (Fsp3) is 0.150. The molecule has 0 fully saturated rings. The molecule has 1 heterocycles. The number of benzene rings is 2. The molecule has 0 bridgehead atoms. The van der Waals surface area contributed by atoms with E-state index in [0.29, 0.717) is 17.1 Å². The number of carbonyl (C=O) groups is 1. The smallest absolute Gasteiger partial charge is 0.253 e. The second kappa shape index (κ2) is 8.09. The van der Waals surface area contributed by atoms with Crippen LogP contribution in [0.2, 0.25) is 0 Å². The molecule has 0 radical (unpaired) electrons. The number of hydrogen-bond acceptors (Lipinski definition) is 4. The number of anilines is 2. The maximum Gasteiger partial charge on any atom is 0.253 e. The van der Waals surface area contributed by atoms with Crippen molar-refractivity contribution in [2.45, 2.75) is 20.4 Å². The third kappa shape index (κ3) is 4.20. The van der Waals surface area contributed by atoms with Crippen LogP contribution in [0.25, 0.3) is 0 Å². The van der Waals surface area contributed by atoms with Crippen molar-refractivity contribution in [3.8, 4) is 0 Å². The fourth-order valence-corrected chi connectivity index (χ4v) is 3.37. The van der Waals surface area contributed by atoms with Gasteiger partial charge in [0, 0.05) is 0 Å². The summed E-state index contributed by atoms with van der Waals surface area (Å²) in [7, 11) is -2.99. The highest BCUT2D eigenvalue weighted by atomic mass is 32.2. The zero-order valence-corrected chi connectivity index (χ0v) is 15.9. The van der Waals surface area contributed by atoms with Gasteiger partial charge in [-0.15, -0.1) is 0 Å². The summed E-state index contributed by atoms with van der Waals surface area (Å²) in [5.74, 6) is 0.231. The first-order valence-corrected chi connectivity index (χ1v) is 9.51. The number of nitrogens with one attached hydrogen (secondary N) is 1. The minimum atomic E-state index is -2.99. The van der Waals surface area contributed by atoms with Crippen LogP contribution in [-0.4, -0.2) is 14.3 Å². The summed E-state index contributed by atoms with van der Waals surface area (Å²) in [5.41, 5.74) is 3.08. The second-order valence-electron chi connectivity index (χ2n) is 6.10. The van der Waals surface area contributed by atoms with E-state index in [1.807, 2.05) is 19.9 Å². The molecule has 0 saturated heterocycles. The molecule has 140 valence electrons. The number of carbonyl (C=O) groups excluding carboxylic acids is 1. The minimum absolute atomic E-state index is 0.216. The first kappa shape index (κ1) is 18.7. The molecule has 2 aromatic carbocycles. The predicted molar refractivity (Wildman–Crippen MR) is 105 cm³/mol. The van der Waals surface area contributed by atoms with Crippen molar-refractivity contribution in [3.05, 3.63) is 83.3 Å². The molecule has 1 N–H and O–H groups in total. The molecule has 0 spiro atoms. The van der Waals surface area contributed by atoms with E-state index in [9.17, 15) is 13.2 Å². The zero-order chi connectivity index (χ0) is 19.4. The van der Waals surface area contributed by atoms with Gasteiger partial charge < -0.3 is 9.73 Å². The number of hydrogen-bond donors (Lipinski definition) is 2. The van der Waals surface area contributed by atoms with Gasteiger partial charge in [-0.3, -0.25) is 4.79 Å². The lowest BCUT2D eigenvalue weighted by atomic mass is 10.1. The summed E-state index contributed by atoms with van der Waals surface area (Å²) in [6.07, 6.45) is 1.53. The summed E-state index contributed by atoms with van der Waals surface area (Å²) in [6, 6.07) is 15.5. The first-order valence-electron chi connectivity index (χ1n) is 8.38.